The zero-order valence-corrected chi connectivity index (χ0v) is 12.0. The molecule has 104 valence electrons. The van der Waals surface area contributed by atoms with E-state index < -0.39 is 0 Å². The molecule has 3 nitrogen and oxygen atoms in total. The van der Waals surface area contributed by atoms with Crippen molar-refractivity contribution in [2.24, 2.45) is 0 Å². The van der Waals surface area contributed by atoms with Gasteiger partial charge in [0.05, 0.1) is 19.1 Å². The van der Waals surface area contributed by atoms with E-state index >= 15 is 0 Å². The molecule has 0 N–H and O–H groups in total. The van der Waals surface area contributed by atoms with E-state index in [2.05, 4.69) is 29.2 Å². The Hall–Kier alpha value is -1.61. The Morgan fingerprint density at radius 1 is 1.20 bits per heavy atom. The van der Waals surface area contributed by atoms with Gasteiger partial charge in [-0.1, -0.05) is 48.7 Å². The summed E-state index contributed by atoms with van der Waals surface area (Å²) in [5.74, 6) is 0.722. The third-order valence-corrected chi connectivity index (χ3v) is 4.28. The van der Waals surface area contributed by atoms with Crippen molar-refractivity contribution in [1.82, 2.24) is 9.55 Å². The highest BCUT2D eigenvalue weighted by Gasteiger charge is 2.16. The average molecular weight is 289 g/mol. The minimum absolute atomic E-state index is 0.162. The highest BCUT2D eigenvalue weighted by Crippen LogP contribution is 2.33. The van der Waals surface area contributed by atoms with Crippen LogP contribution in [-0.2, 0) is 6.54 Å². The molecule has 0 atom stereocenters. The molecule has 0 radical (unpaired) electrons. The van der Waals surface area contributed by atoms with E-state index in [4.69, 9.17) is 11.6 Å². The van der Waals surface area contributed by atoms with Crippen LogP contribution in [-0.4, -0.2) is 9.55 Å². The number of benzene rings is 1. The van der Waals surface area contributed by atoms with Crippen molar-refractivity contribution in [3.05, 3.63) is 63.3 Å². The number of rotatable bonds is 3. The van der Waals surface area contributed by atoms with Crippen LogP contribution in [0.25, 0.3) is 0 Å². The van der Waals surface area contributed by atoms with Crippen LogP contribution >= 0.6 is 11.6 Å². The van der Waals surface area contributed by atoms with Gasteiger partial charge >= 0.3 is 0 Å². The van der Waals surface area contributed by atoms with Gasteiger partial charge in [0, 0.05) is 0 Å². The molecule has 0 bridgehead atoms. The van der Waals surface area contributed by atoms with Gasteiger partial charge in [0.2, 0.25) is 0 Å². The molecular formula is C16H17ClN2O. The first-order valence-electron chi connectivity index (χ1n) is 7.03. The molecule has 20 heavy (non-hydrogen) atoms. The third kappa shape index (κ3) is 2.78. The van der Waals surface area contributed by atoms with Crippen molar-refractivity contribution < 1.29 is 0 Å². The Kier molecular flexibility index (Phi) is 3.88. The quantitative estimate of drug-likeness (QED) is 0.865. The molecule has 0 spiro atoms. The molecular weight excluding hydrogens is 272 g/mol. The molecule has 1 saturated carbocycles. The molecule has 1 aromatic heterocycles. The summed E-state index contributed by atoms with van der Waals surface area (Å²) in [6, 6.07) is 8.57. The van der Waals surface area contributed by atoms with Crippen molar-refractivity contribution >= 4 is 11.6 Å². The minimum atomic E-state index is -0.193. The summed E-state index contributed by atoms with van der Waals surface area (Å²) in [7, 11) is 0. The zero-order valence-electron chi connectivity index (χ0n) is 11.3. The van der Waals surface area contributed by atoms with Gasteiger partial charge in [0.1, 0.15) is 5.02 Å². The molecule has 1 aromatic carbocycles. The number of nitrogens with zero attached hydrogens (tertiary/aromatic N) is 2. The summed E-state index contributed by atoms with van der Waals surface area (Å²) in [6.45, 7) is 0.511. The molecule has 0 saturated heterocycles. The fourth-order valence-corrected chi connectivity index (χ4v) is 3.05. The van der Waals surface area contributed by atoms with Crippen LogP contribution in [0, 0.1) is 0 Å². The summed E-state index contributed by atoms with van der Waals surface area (Å²) in [5, 5.41) is 0.162. The predicted octanol–water partition coefficient (Wildman–Crippen LogP) is 3.60. The van der Waals surface area contributed by atoms with Crippen molar-refractivity contribution in [3.63, 3.8) is 0 Å². The smallest absolute Gasteiger partial charge is 0.272 e. The molecule has 1 aliphatic carbocycles. The normalized spacial score (nSPS) is 15.7. The predicted molar refractivity (Wildman–Crippen MR) is 80.3 cm³/mol. The Morgan fingerprint density at radius 2 is 1.90 bits per heavy atom. The van der Waals surface area contributed by atoms with E-state index in [1.54, 1.807) is 0 Å². The summed E-state index contributed by atoms with van der Waals surface area (Å²) in [6.07, 6.45) is 8.20. The maximum Gasteiger partial charge on any atom is 0.272 e. The van der Waals surface area contributed by atoms with Crippen molar-refractivity contribution in [2.75, 3.05) is 0 Å². The molecule has 4 heteroatoms. The first-order chi connectivity index (χ1) is 9.74. The Labute approximate surface area is 123 Å². The lowest BCUT2D eigenvalue weighted by Crippen LogP contribution is -2.20. The Balaban J connectivity index is 1.78. The van der Waals surface area contributed by atoms with Crippen molar-refractivity contribution in [1.29, 1.82) is 0 Å². The van der Waals surface area contributed by atoms with Gasteiger partial charge in [-0.05, 0) is 29.9 Å². The summed E-state index contributed by atoms with van der Waals surface area (Å²) >= 11 is 5.80. The molecule has 1 fully saturated rings. The zero-order chi connectivity index (χ0) is 13.9. The van der Waals surface area contributed by atoms with Crippen LogP contribution in [0.4, 0.5) is 0 Å². The van der Waals surface area contributed by atoms with E-state index in [1.165, 1.54) is 48.3 Å². The molecule has 1 heterocycles. The standard InChI is InChI=1S/C16H17ClN2O/c17-15-9-18-11-19(16(15)20)10-12-5-7-14(8-6-12)13-3-1-2-4-13/h5-9,11,13H,1-4,10H2. The van der Waals surface area contributed by atoms with Crippen LogP contribution in [0.2, 0.25) is 5.02 Å². The number of aromatic nitrogens is 2. The van der Waals surface area contributed by atoms with E-state index in [9.17, 15) is 4.79 Å². The largest absolute Gasteiger partial charge is 0.294 e. The Morgan fingerprint density at radius 3 is 2.60 bits per heavy atom. The van der Waals surface area contributed by atoms with Gasteiger partial charge < -0.3 is 0 Å². The highest BCUT2D eigenvalue weighted by molar-refractivity contribution is 6.30. The lowest BCUT2D eigenvalue weighted by molar-refractivity contribution is 0.716. The van der Waals surface area contributed by atoms with Crippen LogP contribution < -0.4 is 5.56 Å². The fourth-order valence-electron chi connectivity index (χ4n) is 2.89. The maximum absolute atomic E-state index is 11.8. The average Bonchev–Trinajstić information content (AvgIpc) is 2.99. The molecule has 0 aliphatic heterocycles. The van der Waals surface area contributed by atoms with E-state index in [-0.39, 0.29) is 10.6 Å². The topological polar surface area (TPSA) is 34.9 Å². The van der Waals surface area contributed by atoms with Crippen LogP contribution in [0.5, 0.6) is 0 Å². The lowest BCUT2D eigenvalue weighted by atomic mass is 9.97. The molecule has 2 aromatic rings. The van der Waals surface area contributed by atoms with Gasteiger partial charge in [0.25, 0.3) is 5.56 Å². The van der Waals surface area contributed by atoms with Crippen molar-refractivity contribution in [2.45, 2.75) is 38.1 Å². The number of halogens is 1. The van der Waals surface area contributed by atoms with Gasteiger partial charge in [-0.15, -0.1) is 0 Å². The van der Waals surface area contributed by atoms with Gasteiger partial charge in [-0.3, -0.25) is 9.36 Å². The van der Waals surface area contributed by atoms with E-state index in [0.29, 0.717) is 6.54 Å². The minimum Gasteiger partial charge on any atom is -0.294 e. The second-order valence-electron chi connectivity index (χ2n) is 5.40. The van der Waals surface area contributed by atoms with Crippen LogP contribution in [0.3, 0.4) is 0 Å². The third-order valence-electron chi connectivity index (χ3n) is 4.02. The first kappa shape index (κ1) is 13.4. The van der Waals surface area contributed by atoms with E-state index in [0.717, 1.165) is 11.5 Å². The summed E-state index contributed by atoms with van der Waals surface area (Å²) < 4.78 is 1.53. The molecule has 0 amide bonds. The molecule has 0 unspecified atom stereocenters. The Bertz CT molecular complexity index is 642. The van der Waals surface area contributed by atoms with Gasteiger partial charge in [-0.2, -0.15) is 0 Å². The summed E-state index contributed by atoms with van der Waals surface area (Å²) in [5.41, 5.74) is 2.32. The number of hydrogen-bond donors (Lipinski definition) is 0. The SMILES string of the molecule is O=c1c(Cl)cncn1Cc1ccc(C2CCCC2)cc1. The van der Waals surface area contributed by atoms with Crippen molar-refractivity contribution in [3.8, 4) is 0 Å². The molecule has 1 aliphatic rings. The fraction of sp³-hybridized carbons (Fsp3) is 0.375. The van der Waals surface area contributed by atoms with Crippen LogP contribution in [0.15, 0.2) is 41.6 Å². The lowest BCUT2D eigenvalue weighted by Gasteiger charge is -2.11. The summed E-state index contributed by atoms with van der Waals surface area (Å²) in [4.78, 5) is 15.8. The second-order valence-corrected chi connectivity index (χ2v) is 5.80. The second kappa shape index (κ2) is 5.80. The maximum atomic E-state index is 11.8. The van der Waals surface area contributed by atoms with Gasteiger partial charge in [-0.25, -0.2) is 4.98 Å². The number of hydrogen-bond acceptors (Lipinski definition) is 2. The first-order valence-corrected chi connectivity index (χ1v) is 7.40. The molecule has 3 rings (SSSR count). The monoisotopic (exact) mass is 288 g/mol. The van der Waals surface area contributed by atoms with E-state index in [1.807, 2.05) is 0 Å². The van der Waals surface area contributed by atoms with Crippen LogP contribution in [0.1, 0.15) is 42.7 Å². The highest BCUT2D eigenvalue weighted by atomic mass is 35.5. The van der Waals surface area contributed by atoms with Gasteiger partial charge in [0.15, 0.2) is 0 Å².